The molecule has 0 aromatic heterocycles. The minimum atomic E-state index is -0.630. The first-order chi connectivity index (χ1) is 9.01. The number of nitrogens with two attached hydrogens (primary N) is 1. The van der Waals surface area contributed by atoms with E-state index in [0.29, 0.717) is 31.3 Å². The fourth-order valence-corrected chi connectivity index (χ4v) is 2.71. The summed E-state index contributed by atoms with van der Waals surface area (Å²) in [5, 5.41) is 10.6. The predicted octanol–water partition coefficient (Wildman–Crippen LogP) is 2.63. The van der Waals surface area contributed by atoms with Crippen molar-refractivity contribution in [2.24, 2.45) is 11.1 Å². The van der Waals surface area contributed by atoms with E-state index in [0.717, 1.165) is 16.5 Å². The molecule has 0 amide bonds. The van der Waals surface area contributed by atoms with E-state index in [1.165, 1.54) is 0 Å². The average molecular weight is 330 g/mol. The molecule has 1 aliphatic rings. The van der Waals surface area contributed by atoms with Gasteiger partial charge in [-0.2, -0.15) is 0 Å². The van der Waals surface area contributed by atoms with Crippen LogP contribution in [-0.4, -0.2) is 24.9 Å². The molecule has 1 heterocycles. The van der Waals surface area contributed by atoms with Gasteiger partial charge in [-0.15, -0.1) is 0 Å². The van der Waals surface area contributed by atoms with Crippen molar-refractivity contribution in [1.82, 2.24) is 0 Å². The standard InChI is InChI=1S/C14H20BrNO3/c1-3-14(2,8-16)13(17)9-6-10(15)12-11(7-9)18-4-5-19-12/h6-7,13,17H,3-5,8,16H2,1-2H3. The number of halogens is 1. The fourth-order valence-electron chi connectivity index (χ4n) is 2.14. The minimum Gasteiger partial charge on any atom is -0.486 e. The van der Waals surface area contributed by atoms with Crippen LogP contribution in [0.25, 0.3) is 0 Å². The molecule has 106 valence electrons. The summed E-state index contributed by atoms with van der Waals surface area (Å²) in [6, 6.07) is 3.72. The molecule has 4 nitrogen and oxygen atoms in total. The Morgan fingerprint density at radius 2 is 2.11 bits per heavy atom. The van der Waals surface area contributed by atoms with Gasteiger partial charge in [-0.3, -0.25) is 0 Å². The van der Waals surface area contributed by atoms with Crippen molar-refractivity contribution in [3.8, 4) is 11.5 Å². The summed E-state index contributed by atoms with van der Waals surface area (Å²) in [6.45, 7) is 5.52. The van der Waals surface area contributed by atoms with Crippen LogP contribution in [0.4, 0.5) is 0 Å². The minimum absolute atomic E-state index is 0.344. The normalized spacial score (nSPS) is 18.8. The molecule has 0 spiro atoms. The lowest BCUT2D eigenvalue weighted by Gasteiger charge is -2.33. The van der Waals surface area contributed by atoms with Gasteiger partial charge in [-0.05, 0) is 40.0 Å². The van der Waals surface area contributed by atoms with Crippen molar-refractivity contribution in [2.45, 2.75) is 26.4 Å². The Balaban J connectivity index is 2.38. The van der Waals surface area contributed by atoms with E-state index in [4.69, 9.17) is 15.2 Å². The zero-order chi connectivity index (χ0) is 14.0. The Morgan fingerprint density at radius 3 is 2.74 bits per heavy atom. The smallest absolute Gasteiger partial charge is 0.175 e. The molecule has 2 rings (SSSR count). The summed E-state index contributed by atoms with van der Waals surface area (Å²) in [5.41, 5.74) is 6.26. The Labute approximate surface area is 122 Å². The van der Waals surface area contributed by atoms with E-state index in [1.54, 1.807) is 0 Å². The van der Waals surface area contributed by atoms with E-state index in [9.17, 15) is 5.11 Å². The highest BCUT2D eigenvalue weighted by Gasteiger charge is 2.32. The molecule has 0 fully saturated rings. The third kappa shape index (κ3) is 2.73. The molecule has 0 bridgehead atoms. The number of rotatable bonds is 4. The number of hydrogen-bond acceptors (Lipinski definition) is 4. The number of ether oxygens (including phenoxy) is 2. The van der Waals surface area contributed by atoms with E-state index in [1.807, 2.05) is 26.0 Å². The predicted molar refractivity (Wildman–Crippen MR) is 77.5 cm³/mol. The summed E-state index contributed by atoms with van der Waals surface area (Å²) in [6.07, 6.45) is 0.172. The molecule has 2 unspecified atom stereocenters. The van der Waals surface area contributed by atoms with Crippen molar-refractivity contribution in [3.63, 3.8) is 0 Å². The van der Waals surface area contributed by atoms with Crippen LogP contribution in [0.1, 0.15) is 31.9 Å². The molecular formula is C14H20BrNO3. The van der Waals surface area contributed by atoms with Gasteiger partial charge in [0.2, 0.25) is 0 Å². The van der Waals surface area contributed by atoms with Crippen LogP contribution in [0.5, 0.6) is 11.5 Å². The molecule has 3 N–H and O–H groups in total. The second-order valence-corrected chi connectivity index (χ2v) is 6.00. The molecule has 0 radical (unpaired) electrons. The monoisotopic (exact) mass is 329 g/mol. The van der Waals surface area contributed by atoms with Gasteiger partial charge in [-0.25, -0.2) is 0 Å². The third-order valence-corrected chi connectivity index (χ3v) is 4.46. The second-order valence-electron chi connectivity index (χ2n) is 5.14. The van der Waals surface area contributed by atoms with Crippen LogP contribution in [-0.2, 0) is 0 Å². The van der Waals surface area contributed by atoms with E-state index < -0.39 is 6.10 Å². The van der Waals surface area contributed by atoms with Gasteiger partial charge in [0, 0.05) is 12.0 Å². The van der Waals surface area contributed by atoms with Crippen LogP contribution in [0.15, 0.2) is 16.6 Å². The lowest BCUT2D eigenvalue weighted by molar-refractivity contribution is 0.0386. The molecule has 1 aliphatic heterocycles. The Bertz CT molecular complexity index is 460. The van der Waals surface area contributed by atoms with Crippen LogP contribution in [0.3, 0.4) is 0 Å². The highest BCUT2D eigenvalue weighted by molar-refractivity contribution is 9.10. The van der Waals surface area contributed by atoms with Gasteiger partial charge in [0.05, 0.1) is 10.6 Å². The third-order valence-electron chi connectivity index (χ3n) is 3.87. The summed E-state index contributed by atoms with van der Waals surface area (Å²) in [7, 11) is 0. The Morgan fingerprint density at radius 1 is 1.42 bits per heavy atom. The van der Waals surface area contributed by atoms with Gasteiger partial charge in [0.1, 0.15) is 13.2 Å². The van der Waals surface area contributed by atoms with Gasteiger partial charge < -0.3 is 20.3 Å². The summed E-state index contributed by atoms with van der Waals surface area (Å²) < 4.78 is 11.9. The largest absolute Gasteiger partial charge is 0.486 e. The average Bonchev–Trinajstić information content (AvgIpc) is 2.45. The first-order valence-electron chi connectivity index (χ1n) is 6.49. The first-order valence-corrected chi connectivity index (χ1v) is 7.28. The summed E-state index contributed by atoms with van der Waals surface area (Å²) >= 11 is 3.46. The van der Waals surface area contributed by atoms with Crippen LogP contribution >= 0.6 is 15.9 Å². The van der Waals surface area contributed by atoms with Crippen molar-refractivity contribution >= 4 is 15.9 Å². The van der Waals surface area contributed by atoms with E-state index in [2.05, 4.69) is 15.9 Å². The molecule has 19 heavy (non-hydrogen) atoms. The molecule has 0 saturated carbocycles. The maximum absolute atomic E-state index is 10.6. The molecular weight excluding hydrogens is 310 g/mol. The number of aliphatic hydroxyl groups excluding tert-OH is 1. The van der Waals surface area contributed by atoms with E-state index >= 15 is 0 Å². The Kier molecular flexibility index (Phi) is 4.38. The number of hydrogen-bond donors (Lipinski definition) is 2. The van der Waals surface area contributed by atoms with Gasteiger partial charge in [0.15, 0.2) is 11.5 Å². The highest BCUT2D eigenvalue weighted by atomic mass is 79.9. The van der Waals surface area contributed by atoms with Crippen molar-refractivity contribution in [2.75, 3.05) is 19.8 Å². The maximum atomic E-state index is 10.6. The second kappa shape index (κ2) is 5.69. The van der Waals surface area contributed by atoms with E-state index in [-0.39, 0.29) is 5.41 Å². The molecule has 0 aliphatic carbocycles. The van der Waals surface area contributed by atoms with Crippen LogP contribution in [0.2, 0.25) is 0 Å². The van der Waals surface area contributed by atoms with Gasteiger partial charge in [-0.1, -0.05) is 13.8 Å². The topological polar surface area (TPSA) is 64.7 Å². The van der Waals surface area contributed by atoms with Gasteiger partial charge >= 0.3 is 0 Å². The lowest BCUT2D eigenvalue weighted by Crippen LogP contribution is -2.33. The highest BCUT2D eigenvalue weighted by Crippen LogP contribution is 2.43. The van der Waals surface area contributed by atoms with Crippen LogP contribution in [0, 0.1) is 5.41 Å². The molecule has 2 atom stereocenters. The summed E-state index contributed by atoms with van der Waals surface area (Å²) in [5.74, 6) is 1.37. The first kappa shape index (κ1) is 14.6. The van der Waals surface area contributed by atoms with Crippen molar-refractivity contribution in [3.05, 3.63) is 22.2 Å². The maximum Gasteiger partial charge on any atom is 0.175 e. The molecule has 1 aromatic carbocycles. The van der Waals surface area contributed by atoms with Crippen molar-refractivity contribution in [1.29, 1.82) is 0 Å². The van der Waals surface area contributed by atoms with Crippen LogP contribution < -0.4 is 15.2 Å². The molecule has 1 aromatic rings. The zero-order valence-electron chi connectivity index (χ0n) is 11.3. The Hall–Kier alpha value is -0.780. The molecule has 0 saturated heterocycles. The number of benzene rings is 1. The van der Waals surface area contributed by atoms with Gasteiger partial charge in [0.25, 0.3) is 0 Å². The number of fused-ring (bicyclic) bond motifs is 1. The fraction of sp³-hybridized carbons (Fsp3) is 0.571. The lowest BCUT2D eigenvalue weighted by atomic mass is 9.78. The molecule has 5 heteroatoms. The number of aliphatic hydroxyl groups is 1. The quantitative estimate of drug-likeness (QED) is 0.891. The zero-order valence-corrected chi connectivity index (χ0v) is 12.9. The van der Waals surface area contributed by atoms with Crippen molar-refractivity contribution < 1.29 is 14.6 Å². The summed E-state index contributed by atoms with van der Waals surface area (Å²) in [4.78, 5) is 0. The SMILES string of the molecule is CCC(C)(CN)C(O)c1cc(Br)c2c(c1)OCCO2.